The molecule has 0 spiro atoms. The number of hydrogen-bond acceptors (Lipinski definition) is 3. The second-order valence-electron chi connectivity index (χ2n) is 5.72. The van der Waals surface area contributed by atoms with Crippen molar-refractivity contribution < 1.29 is 0 Å². The van der Waals surface area contributed by atoms with Gasteiger partial charge in [0.1, 0.15) is 0 Å². The first-order chi connectivity index (χ1) is 9.05. The number of likely N-dealkylation sites (tertiary alicyclic amines) is 1. The largest absolute Gasteiger partial charge is 0.329 e. The van der Waals surface area contributed by atoms with Gasteiger partial charge in [0.25, 0.3) is 0 Å². The highest BCUT2D eigenvalue weighted by molar-refractivity contribution is 9.10. The molecule has 1 saturated heterocycles. The summed E-state index contributed by atoms with van der Waals surface area (Å²) < 4.78 is 1.14. The Morgan fingerprint density at radius 3 is 2.63 bits per heavy atom. The molecule has 0 aliphatic carbocycles. The highest BCUT2D eigenvalue weighted by atomic mass is 79.9. The van der Waals surface area contributed by atoms with Gasteiger partial charge in [-0.15, -0.1) is 0 Å². The second-order valence-corrected chi connectivity index (χ2v) is 6.63. The maximum atomic E-state index is 6.10. The molecule has 1 aromatic carbocycles. The highest BCUT2D eigenvalue weighted by Crippen LogP contribution is 2.28. The van der Waals surface area contributed by atoms with Crippen LogP contribution in [0.25, 0.3) is 0 Å². The molecule has 0 unspecified atom stereocenters. The van der Waals surface area contributed by atoms with Crippen LogP contribution >= 0.6 is 15.9 Å². The third-order valence-electron chi connectivity index (χ3n) is 4.42. The van der Waals surface area contributed by atoms with Crippen molar-refractivity contribution >= 4 is 15.9 Å². The van der Waals surface area contributed by atoms with E-state index in [9.17, 15) is 0 Å². The predicted molar refractivity (Wildman–Crippen MR) is 84.1 cm³/mol. The van der Waals surface area contributed by atoms with Gasteiger partial charge in [-0.3, -0.25) is 4.90 Å². The van der Waals surface area contributed by atoms with E-state index in [4.69, 9.17) is 5.73 Å². The number of hydrogen-bond donors (Lipinski definition) is 1. The third-order valence-corrected chi connectivity index (χ3v) is 4.91. The number of likely N-dealkylation sites (N-methyl/N-ethyl adjacent to an activating group) is 1. The molecule has 1 heterocycles. The zero-order chi connectivity index (χ0) is 13.9. The molecule has 106 valence electrons. The standard InChI is InChI=1S/C15H24BrN3/c1-18-8-6-15(12-17,7-9-18)19(2)11-13-4-3-5-14(16)10-13/h3-5,10H,6-9,11-12,17H2,1-2H3. The Labute approximate surface area is 124 Å². The van der Waals surface area contributed by atoms with Gasteiger partial charge in [0.15, 0.2) is 0 Å². The fraction of sp³-hybridized carbons (Fsp3) is 0.600. The zero-order valence-corrected chi connectivity index (χ0v) is 13.5. The lowest BCUT2D eigenvalue weighted by atomic mass is 9.86. The van der Waals surface area contributed by atoms with Crippen molar-refractivity contribution in [2.45, 2.75) is 24.9 Å². The van der Waals surface area contributed by atoms with E-state index in [0.717, 1.165) is 43.5 Å². The molecule has 2 N–H and O–H groups in total. The molecule has 4 heteroatoms. The molecule has 1 aliphatic rings. The summed E-state index contributed by atoms with van der Waals surface area (Å²) in [6.07, 6.45) is 2.31. The minimum atomic E-state index is 0.162. The van der Waals surface area contributed by atoms with Crippen LogP contribution in [0.5, 0.6) is 0 Å². The van der Waals surface area contributed by atoms with Gasteiger partial charge >= 0.3 is 0 Å². The summed E-state index contributed by atoms with van der Waals surface area (Å²) in [5.41, 5.74) is 7.60. The molecule has 3 nitrogen and oxygen atoms in total. The number of piperidine rings is 1. The summed E-state index contributed by atoms with van der Waals surface area (Å²) in [6, 6.07) is 8.53. The summed E-state index contributed by atoms with van der Waals surface area (Å²) in [5, 5.41) is 0. The molecule has 0 aromatic heterocycles. The smallest absolute Gasteiger partial charge is 0.0356 e. The van der Waals surface area contributed by atoms with Crippen molar-refractivity contribution in [2.75, 3.05) is 33.7 Å². The maximum absolute atomic E-state index is 6.10. The van der Waals surface area contributed by atoms with Crippen LogP contribution in [0.15, 0.2) is 28.7 Å². The molecule has 0 atom stereocenters. The Morgan fingerprint density at radius 1 is 1.37 bits per heavy atom. The van der Waals surface area contributed by atoms with E-state index in [0.29, 0.717) is 0 Å². The number of halogens is 1. The average Bonchev–Trinajstić information content (AvgIpc) is 2.40. The first kappa shape index (κ1) is 15.0. The van der Waals surface area contributed by atoms with E-state index in [2.05, 4.69) is 64.1 Å². The van der Waals surface area contributed by atoms with E-state index in [-0.39, 0.29) is 5.54 Å². The van der Waals surface area contributed by atoms with Crippen LogP contribution in [0.3, 0.4) is 0 Å². The Hall–Kier alpha value is -0.420. The molecular formula is C15H24BrN3. The summed E-state index contributed by atoms with van der Waals surface area (Å²) in [7, 11) is 4.40. The Morgan fingerprint density at radius 2 is 2.05 bits per heavy atom. The zero-order valence-electron chi connectivity index (χ0n) is 11.9. The molecular weight excluding hydrogens is 302 g/mol. The minimum absolute atomic E-state index is 0.162. The van der Waals surface area contributed by atoms with Crippen LogP contribution in [0, 0.1) is 0 Å². The normalized spacial score (nSPS) is 19.8. The SMILES string of the molecule is CN1CCC(CN)(N(C)Cc2cccc(Br)c2)CC1. The van der Waals surface area contributed by atoms with Gasteiger partial charge < -0.3 is 10.6 Å². The maximum Gasteiger partial charge on any atom is 0.0356 e. The number of rotatable bonds is 4. The van der Waals surface area contributed by atoms with E-state index < -0.39 is 0 Å². The van der Waals surface area contributed by atoms with Crippen LogP contribution in [-0.2, 0) is 6.54 Å². The third kappa shape index (κ3) is 3.57. The van der Waals surface area contributed by atoms with Crippen LogP contribution in [0.1, 0.15) is 18.4 Å². The molecule has 2 rings (SSSR count). The molecule has 0 amide bonds. The summed E-state index contributed by atoms with van der Waals surface area (Å²) >= 11 is 3.54. The van der Waals surface area contributed by atoms with Crippen LogP contribution < -0.4 is 5.73 Å². The Kier molecular flexibility index (Phi) is 5.01. The number of nitrogens with two attached hydrogens (primary N) is 1. The lowest BCUT2D eigenvalue weighted by Gasteiger charge is -2.46. The lowest BCUT2D eigenvalue weighted by molar-refractivity contribution is 0.0485. The van der Waals surface area contributed by atoms with Gasteiger partial charge in [-0.2, -0.15) is 0 Å². The van der Waals surface area contributed by atoms with Crippen LogP contribution in [0.4, 0.5) is 0 Å². The van der Waals surface area contributed by atoms with Crippen LogP contribution in [0.2, 0.25) is 0 Å². The van der Waals surface area contributed by atoms with E-state index in [1.807, 2.05) is 0 Å². The van der Waals surface area contributed by atoms with Crippen LogP contribution in [-0.4, -0.2) is 49.1 Å². The number of benzene rings is 1. The van der Waals surface area contributed by atoms with Gasteiger partial charge in [-0.25, -0.2) is 0 Å². The quantitative estimate of drug-likeness (QED) is 0.922. The minimum Gasteiger partial charge on any atom is -0.329 e. The van der Waals surface area contributed by atoms with Crippen molar-refractivity contribution in [2.24, 2.45) is 5.73 Å². The predicted octanol–water partition coefficient (Wildman–Crippen LogP) is 2.30. The Bertz CT molecular complexity index is 414. The summed E-state index contributed by atoms with van der Waals surface area (Å²) in [5.74, 6) is 0. The molecule has 0 radical (unpaired) electrons. The molecule has 1 fully saturated rings. The molecule has 1 aromatic rings. The van der Waals surface area contributed by atoms with Gasteiger partial charge in [-0.1, -0.05) is 28.1 Å². The van der Waals surface area contributed by atoms with Gasteiger partial charge in [0, 0.05) is 23.1 Å². The molecule has 1 aliphatic heterocycles. The van der Waals surface area contributed by atoms with E-state index in [1.165, 1.54) is 5.56 Å². The van der Waals surface area contributed by atoms with E-state index in [1.54, 1.807) is 0 Å². The van der Waals surface area contributed by atoms with Crippen molar-refractivity contribution in [3.05, 3.63) is 34.3 Å². The van der Waals surface area contributed by atoms with Gasteiger partial charge in [-0.05, 0) is 57.7 Å². The topological polar surface area (TPSA) is 32.5 Å². The summed E-state index contributed by atoms with van der Waals surface area (Å²) in [6.45, 7) is 3.98. The fourth-order valence-electron chi connectivity index (χ4n) is 2.85. The summed E-state index contributed by atoms with van der Waals surface area (Å²) in [4.78, 5) is 4.84. The first-order valence-electron chi connectivity index (χ1n) is 6.90. The molecule has 19 heavy (non-hydrogen) atoms. The Balaban J connectivity index is 2.06. The van der Waals surface area contributed by atoms with E-state index >= 15 is 0 Å². The van der Waals surface area contributed by atoms with Crippen molar-refractivity contribution in [3.8, 4) is 0 Å². The average molecular weight is 326 g/mol. The molecule has 0 bridgehead atoms. The fourth-order valence-corrected chi connectivity index (χ4v) is 3.30. The number of nitrogens with zero attached hydrogens (tertiary/aromatic N) is 2. The van der Waals surface area contributed by atoms with Crippen molar-refractivity contribution in [1.82, 2.24) is 9.80 Å². The van der Waals surface area contributed by atoms with Gasteiger partial charge in [0.2, 0.25) is 0 Å². The second kappa shape index (κ2) is 6.35. The van der Waals surface area contributed by atoms with Crippen molar-refractivity contribution in [3.63, 3.8) is 0 Å². The van der Waals surface area contributed by atoms with Gasteiger partial charge in [0.05, 0.1) is 0 Å². The first-order valence-corrected chi connectivity index (χ1v) is 7.69. The molecule has 0 saturated carbocycles. The highest BCUT2D eigenvalue weighted by Gasteiger charge is 2.35. The van der Waals surface area contributed by atoms with Crippen molar-refractivity contribution in [1.29, 1.82) is 0 Å². The monoisotopic (exact) mass is 325 g/mol. The lowest BCUT2D eigenvalue weighted by Crippen LogP contribution is -2.57.